The molecule has 0 bridgehead atoms. The normalized spacial score (nSPS) is 10.7. The van der Waals surface area contributed by atoms with Crippen molar-refractivity contribution in [2.45, 2.75) is 6.92 Å². The lowest BCUT2D eigenvalue weighted by Gasteiger charge is -2.02. The van der Waals surface area contributed by atoms with E-state index in [1.165, 1.54) is 0 Å². The molecule has 1 aromatic carbocycles. The first-order valence-corrected chi connectivity index (χ1v) is 4.80. The third kappa shape index (κ3) is 1.29. The lowest BCUT2D eigenvalue weighted by molar-refractivity contribution is 1.08. The molecule has 0 saturated carbocycles. The van der Waals surface area contributed by atoms with Crippen LogP contribution < -0.4 is 11.2 Å². The monoisotopic (exact) mass is 254 g/mol. The lowest BCUT2D eigenvalue weighted by Crippen LogP contribution is -2.22. The van der Waals surface area contributed by atoms with E-state index in [0.29, 0.717) is 10.9 Å². The van der Waals surface area contributed by atoms with Crippen LogP contribution in [0.15, 0.2) is 26.2 Å². The van der Waals surface area contributed by atoms with Crippen molar-refractivity contribution in [2.75, 3.05) is 0 Å². The topological polar surface area (TPSA) is 65.7 Å². The number of aromatic amines is 2. The third-order valence-electron chi connectivity index (χ3n) is 2.11. The summed E-state index contributed by atoms with van der Waals surface area (Å²) in [5.41, 5.74) is 0.585. The fourth-order valence-corrected chi connectivity index (χ4v) is 1.68. The van der Waals surface area contributed by atoms with Crippen molar-refractivity contribution >= 4 is 26.8 Å². The Bertz CT molecular complexity index is 612. The van der Waals surface area contributed by atoms with Gasteiger partial charge in [0.25, 0.3) is 5.56 Å². The number of H-pyrrole nitrogens is 2. The highest BCUT2D eigenvalue weighted by Gasteiger charge is 2.05. The van der Waals surface area contributed by atoms with E-state index >= 15 is 0 Å². The molecule has 2 N–H and O–H groups in total. The number of aromatic nitrogens is 2. The van der Waals surface area contributed by atoms with Crippen LogP contribution in [0.4, 0.5) is 0 Å². The number of rotatable bonds is 0. The molecule has 0 radical (unpaired) electrons. The van der Waals surface area contributed by atoms with Gasteiger partial charge in [-0.15, -0.1) is 0 Å². The maximum atomic E-state index is 11.4. The van der Waals surface area contributed by atoms with E-state index in [1.807, 2.05) is 6.92 Å². The average Bonchev–Trinajstić information content (AvgIpc) is 2.12. The van der Waals surface area contributed by atoms with Crippen LogP contribution in [0.25, 0.3) is 10.9 Å². The predicted molar refractivity (Wildman–Crippen MR) is 57.6 cm³/mol. The summed E-state index contributed by atoms with van der Waals surface area (Å²) in [4.78, 5) is 27.2. The molecule has 2 rings (SSSR count). The van der Waals surface area contributed by atoms with Gasteiger partial charge in [-0.25, -0.2) is 4.79 Å². The first kappa shape index (κ1) is 9.21. The quantitative estimate of drug-likeness (QED) is 0.744. The molecule has 0 atom stereocenters. The zero-order valence-corrected chi connectivity index (χ0v) is 8.94. The smallest absolute Gasteiger partial charge is 0.307 e. The Morgan fingerprint density at radius 2 is 1.93 bits per heavy atom. The van der Waals surface area contributed by atoms with Crippen LogP contribution in [0.5, 0.6) is 0 Å². The molecule has 0 aliphatic rings. The number of fused-ring (bicyclic) bond motifs is 1. The summed E-state index contributed by atoms with van der Waals surface area (Å²) in [6, 6.07) is 3.45. The Kier molecular flexibility index (Phi) is 2.03. The van der Waals surface area contributed by atoms with Crippen LogP contribution >= 0.6 is 15.9 Å². The predicted octanol–water partition coefficient (Wildman–Crippen LogP) is 1.29. The van der Waals surface area contributed by atoms with Crippen molar-refractivity contribution in [1.29, 1.82) is 0 Å². The van der Waals surface area contributed by atoms with Crippen LogP contribution in [0.1, 0.15) is 5.56 Å². The number of aryl methyl sites for hydroxylation is 1. The molecule has 14 heavy (non-hydrogen) atoms. The van der Waals surface area contributed by atoms with Crippen molar-refractivity contribution in [3.05, 3.63) is 43.0 Å². The average molecular weight is 255 g/mol. The van der Waals surface area contributed by atoms with Gasteiger partial charge >= 0.3 is 5.69 Å². The van der Waals surface area contributed by atoms with Gasteiger partial charge in [-0.3, -0.25) is 9.78 Å². The fourth-order valence-electron chi connectivity index (χ4n) is 1.35. The minimum absolute atomic E-state index is 0.362. The second-order valence-electron chi connectivity index (χ2n) is 3.00. The molecule has 1 heterocycles. The maximum Gasteiger partial charge on any atom is 0.326 e. The van der Waals surface area contributed by atoms with Gasteiger partial charge in [-0.1, -0.05) is 15.9 Å². The molecule has 0 saturated heterocycles. The number of hydrogen-bond donors (Lipinski definition) is 2. The Labute approximate surface area is 87.1 Å². The second kappa shape index (κ2) is 3.09. The summed E-state index contributed by atoms with van der Waals surface area (Å²) in [6.07, 6.45) is 0. The molecule has 1 aromatic heterocycles. The molecular weight excluding hydrogens is 248 g/mol. The van der Waals surface area contributed by atoms with Gasteiger partial charge in [0.05, 0.1) is 10.9 Å². The van der Waals surface area contributed by atoms with Crippen LogP contribution in [-0.4, -0.2) is 9.97 Å². The summed E-state index contributed by atoms with van der Waals surface area (Å²) in [6.45, 7) is 1.84. The van der Waals surface area contributed by atoms with Gasteiger partial charge in [0.2, 0.25) is 0 Å². The van der Waals surface area contributed by atoms with Crippen LogP contribution in [0.2, 0.25) is 0 Å². The van der Waals surface area contributed by atoms with E-state index in [4.69, 9.17) is 0 Å². The molecule has 4 nitrogen and oxygen atoms in total. The molecule has 2 aromatic rings. The first-order chi connectivity index (χ1) is 6.59. The Morgan fingerprint density at radius 1 is 1.21 bits per heavy atom. The van der Waals surface area contributed by atoms with Crippen molar-refractivity contribution in [3.63, 3.8) is 0 Å². The third-order valence-corrected chi connectivity index (χ3v) is 2.97. The minimum Gasteiger partial charge on any atom is -0.307 e. The maximum absolute atomic E-state index is 11.4. The van der Waals surface area contributed by atoms with E-state index in [2.05, 4.69) is 25.9 Å². The molecule has 0 aliphatic heterocycles. The standard InChI is InChI=1S/C9H7BrN2O2/c1-4-6(10)3-2-5-7(4)11-9(14)12-8(5)13/h2-3H,1H3,(H2,11,12,13,14). The summed E-state index contributed by atoms with van der Waals surface area (Å²) < 4.78 is 0.867. The van der Waals surface area contributed by atoms with Gasteiger partial charge in [-0.2, -0.15) is 0 Å². The lowest BCUT2D eigenvalue weighted by atomic mass is 10.1. The van der Waals surface area contributed by atoms with E-state index in [0.717, 1.165) is 10.0 Å². The highest BCUT2D eigenvalue weighted by Crippen LogP contribution is 2.20. The largest absolute Gasteiger partial charge is 0.326 e. The van der Waals surface area contributed by atoms with Gasteiger partial charge in [0.1, 0.15) is 0 Å². The van der Waals surface area contributed by atoms with E-state index in [-0.39, 0.29) is 5.56 Å². The molecule has 5 heteroatoms. The van der Waals surface area contributed by atoms with Crippen molar-refractivity contribution in [3.8, 4) is 0 Å². The Balaban J connectivity index is 3.10. The van der Waals surface area contributed by atoms with Gasteiger partial charge in [-0.05, 0) is 24.6 Å². The summed E-state index contributed by atoms with van der Waals surface area (Å²) in [7, 11) is 0. The number of nitrogens with one attached hydrogen (secondary N) is 2. The van der Waals surface area contributed by atoms with E-state index in [9.17, 15) is 9.59 Å². The molecule has 0 aliphatic carbocycles. The molecule has 0 fully saturated rings. The number of benzene rings is 1. The first-order valence-electron chi connectivity index (χ1n) is 4.01. The van der Waals surface area contributed by atoms with E-state index in [1.54, 1.807) is 12.1 Å². The highest BCUT2D eigenvalue weighted by molar-refractivity contribution is 9.10. The van der Waals surface area contributed by atoms with Crippen molar-refractivity contribution in [1.82, 2.24) is 9.97 Å². The summed E-state index contributed by atoms with van der Waals surface area (Å²) in [5, 5.41) is 0.491. The highest BCUT2D eigenvalue weighted by atomic mass is 79.9. The molecular formula is C9H7BrN2O2. The minimum atomic E-state index is -0.483. The Hall–Kier alpha value is -1.36. The zero-order chi connectivity index (χ0) is 10.3. The van der Waals surface area contributed by atoms with Gasteiger partial charge in [0, 0.05) is 4.47 Å². The van der Waals surface area contributed by atoms with Gasteiger partial charge < -0.3 is 4.98 Å². The van der Waals surface area contributed by atoms with Crippen LogP contribution in [0.3, 0.4) is 0 Å². The molecule has 0 spiro atoms. The van der Waals surface area contributed by atoms with Crippen molar-refractivity contribution in [2.24, 2.45) is 0 Å². The molecule has 0 unspecified atom stereocenters. The van der Waals surface area contributed by atoms with Crippen molar-refractivity contribution < 1.29 is 0 Å². The summed E-state index contributed by atoms with van der Waals surface area (Å²) >= 11 is 3.33. The molecule has 0 amide bonds. The van der Waals surface area contributed by atoms with Gasteiger partial charge in [0.15, 0.2) is 0 Å². The number of hydrogen-bond acceptors (Lipinski definition) is 2. The summed E-state index contributed by atoms with van der Waals surface area (Å²) in [5.74, 6) is 0. The van der Waals surface area contributed by atoms with E-state index < -0.39 is 5.69 Å². The van der Waals surface area contributed by atoms with Crippen LogP contribution in [0, 0.1) is 6.92 Å². The molecule has 72 valence electrons. The zero-order valence-electron chi connectivity index (χ0n) is 7.35. The Morgan fingerprint density at radius 3 is 2.64 bits per heavy atom. The second-order valence-corrected chi connectivity index (χ2v) is 3.86. The van der Waals surface area contributed by atoms with Crippen LogP contribution in [-0.2, 0) is 0 Å². The SMILES string of the molecule is Cc1c(Br)ccc2c(=O)[nH]c(=O)[nH]c12. The number of halogens is 1. The fraction of sp³-hybridized carbons (Fsp3) is 0.111.